The first kappa shape index (κ1) is 13.1. The van der Waals surface area contributed by atoms with Crippen LogP contribution in [0.4, 0.5) is 13.2 Å². The summed E-state index contributed by atoms with van der Waals surface area (Å²) in [5.74, 6) is -1.22. The van der Waals surface area contributed by atoms with Crippen molar-refractivity contribution in [1.82, 2.24) is 10.2 Å². The van der Waals surface area contributed by atoms with Gasteiger partial charge < -0.3 is 5.32 Å². The quantitative estimate of drug-likeness (QED) is 0.768. The Hall–Kier alpha value is -0.290. The third-order valence-corrected chi connectivity index (χ3v) is 4.30. The lowest BCUT2D eigenvalue weighted by Gasteiger charge is -2.39. The summed E-state index contributed by atoms with van der Waals surface area (Å²) in [7, 11) is 0. The van der Waals surface area contributed by atoms with Gasteiger partial charge >= 0.3 is 6.18 Å². The molecule has 1 saturated heterocycles. The summed E-state index contributed by atoms with van der Waals surface area (Å²) in [5.41, 5.74) is -0.00444. The van der Waals surface area contributed by atoms with Crippen LogP contribution in [0.15, 0.2) is 0 Å². The summed E-state index contributed by atoms with van der Waals surface area (Å²) < 4.78 is 38.5. The van der Waals surface area contributed by atoms with E-state index in [0.29, 0.717) is 6.54 Å². The molecule has 1 heterocycles. The van der Waals surface area contributed by atoms with Crippen molar-refractivity contribution in [3.05, 3.63) is 0 Å². The number of halogens is 3. The van der Waals surface area contributed by atoms with Gasteiger partial charge in [0.05, 0.1) is 5.92 Å². The Bertz CT molecular complexity index is 259. The zero-order valence-electron chi connectivity index (χ0n) is 10.3. The Morgan fingerprint density at radius 1 is 1.24 bits per heavy atom. The monoisotopic (exact) mass is 250 g/mol. The van der Waals surface area contributed by atoms with Crippen LogP contribution in [0.25, 0.3) is 0 Å². The van der Waals surface area contributed by atoms with E-state index in [0.717, 1.165) is 32.2 Å². The number of nitrogens with zero attached hydrogens (tertiary/aromatic N) is 1. The highest BCUT2D eigenvalue weighted by atomic mass is 19.4. The number of rotatable bonds is 1. The molecular formula is C12H21F3N2. The van der Waals surface area contributed by atoms with Crippen LogP contribution in [-0.4, -0.2) is 42.8 Å². The zero-order chi connectivity index (χ0) is 12.5. The van der Waals surface area contributed by atoms with E-state index in [-0.39, 0.29) is 18.6 Å². The molecule has 1 saturated carbocycles. The van der Waals surface area contributed by atoms with Gasteiger partial charge in [-0.25, -0.2) is 0 Å². The molecule has 1 unspecified atom stereocenters. The van der Waals surface area contributed by atoms with Crippen molar-refractivity contribution in [2.45, 2.75) is 44.3 Å². The molecule has 1 atom stereocenters. The van der Waals surface area contributed by atoms with Crippen molar-refractivity contribution in [2.24, 2.45) is 5.92 Å². The smallest absolute Gasteiger partial charge is 0.315 e. The van der Waals surface area contributed by atoms with Crippen LogP contribution >= 0.6 is 0 Å². The molecule has 0 bridgehead atoms. The second kappa shape index (κ2) is 4.76. The fourth-order valence-electron chi connectivity index (χ4n) is 3.07. The molecule has 0 radical (unpaired) electrons. The van der Waals surface area contributed by atoms with Gasteiger partial charge in [-0.2, -0.15) is 13.2 Å². The van der Waals surface area contributed by atoms with Gasteiger partial charge in [-0.1, -0.05) is 12.8 Å². The lowest BCUT2D eigenvalue weighted by Crippen LogP contribution is -2.49. The average molecular weight is 250 g/mol. The minimum absolute atomic E-state index is 0.00444. The molecule has 0 amide bonds. The molecule has 2 nitrogen and oxygen atoms in total. The molecule has 1 aliphatic carbocycles. The summed E-state index contributed by atoms with van der Waals surface area (Å²) >= 11 is 0. The molecule has 0 spiro atoms. The molecule has 0 aromatic carbocycles. The van der Waals surface area contributed by atoms with Crippen molar-refractivity contribution in [3.8, 4) is 0 Å². The zero-order valence-corrected chi connectivity index (χ0v) is 10.3. The molecule has 5 heteroatoms. The molecule has 2 aliphatic rings. The van der Waals surface area contributed by atoms with Crippen LogP contribution < -0.4 is 5.32 Å². The van der Waals surface area contributed by atoms with E-state index in [1.165, 1.54) is 0 Å². The molecule has 1 N–H and O–H groups in total. The first-order valence-electron chi connectivity index (χ1n) is 6.44. The second-order valence-electron chi connectivity index (χ2n) is 5.59. The number of hydrogen-bond donors (Lipinski definition) is 1. The van der Waals surface area contributed by atoms with E-state index in [2.05, 4.69) is 17.1 Å². The molecule has 2 fully saturated rings. The Morgan fingerprint density at radius 3 is 2.47 bits per heavy atom. The van der Waals surface area contributed by atoms with Crippen molar-refractivity contribution >= 4 is 0 Å². The number of hydrogen-bond acceptors (Lipinski definition) is 2. The predicted octanol–water partition coefficient (Wildman–Crippen LogP) is 2.40. The SMILES string of the molecule is CC1(N2CCNCC(C(F)(F)F)C2)CCCC1. The van der Waals surface area contributed by atoms with Crippen LogP contribution in [0.5, 0.6) is 0 Å². The van der Waals surface area contributed by atoms with Gasteiger partial charge in [0.1, 0.15) is 0 Å². The summed E-state index contributed by atoms with van der Waals surface area (Å²) in [5, 5.41) is 2.91. The summed E-state index contributed by atoms with van der Waals surface area (Å²) in [4.78, 5) is 2.07. The van der Waals surface area contributed by atoms with Crippen LogP contribution in [0, 0.1) is 5.92 Å². The van der Waals surface area contributed by atoms with Gasteiger partial charge in [0.25, 0.3) is 0 Å². The van der Waals surface area contributed by atoms with Crippen molar-refractivity contribution < 1.29 is 13.2 Å². The van der Waals surface area contributed by atoms with Crippen LogP contribution in [0.2, 0.25) is 0 Å². The van der Waals surface area contributed by atoms with Crippen molar-refractivity contribution in [3.63, 3.8) is 0 Å². The third-order valence-electron chi connectivity index (χ3n) is 4.30. The number of alkyl halides is 3. The lowest BCUT2D eigenvalue weighted by molar-refractivity contribution is -0.178. The maximum atomic E-state index is 12.8. The predicted molar refractivity (Wildman–Crippen MR) is 60.9 cm³/mol. The van der Waals surface area contributed by atoms with E-state index in [9.17, 15) is 13.2 Å². The van der Waals surface area contributed by atoms with E-state index in [4.69, 9.17) is 0 Å². The second-order valence-corrected chi connectivity index (χ2v) is 5.59. The first-order valence-corrected chi connectivity index (χ1v) is 6.44. The fourth-order valence-corrected chi connectivity index (χ4v) is 3.07. The van der Waals surface area contributed by atoms with Crippen LogP contribution in [-0.2, 0) is 0 Å². The first-order chi connectivity index (χ1) is 7.92. The molecule has 2 rings (SSSR count). The topological polar surface area (TPSA) is 15.3 Å². The van der Waals surface area contributed by atoms with Crippen molar-refractivity contribution in [1.29, 1.82) is 0 Å². The Labute approximate surface area is 101 Å². The largest absolute Gasteiger partial charge is 0.394 e. The lowest BCUT2D eigenvalue weighted by atomic mass is 9.96. The summed E-state index contributed by atoms with van der Waals surface area (Å²) in [6, 6.07) is 0. The van der Waals surface area contributed by atoms with Crippen LogP contribution in [0.3, 0.4) is 0 Å². The fraction of sp³-hybridized carbons (Fsp3) is 1.00. The maximum Gasteiger partial charge on any atom is 0.394 e. The molecule has 0 aromatic rings. The van der Waals surface area contributed by atoms with Gasteiger partial charge in [0.2, 0.25) is 0 Å². The van der Waals surface area contributed by atoms with E-state index in [1.54, 1.807) is 0 Å². The highest BCUT2D eigenvalue weighted by Crippen LogP contribution is 2.37. The average Bonchev–Trinajstić information content (AvgIpc) is 2.54. The molecular weight excluding hydrogens is 229 g/mol. The Morgan fingerprint density at radius 2 is 1.88 bits per heavy atom. The summed E-state index contributed by atoms with van der Waals surface area (Å²) in [6.07, 6.45) is 0.300. The van der Waals surface area contributed by atoms with Gasteiger partial charge in [-0.15, -0.1) is 0 Å². The van der Waals surface area contributed by atoms with E-state index < -0.39 is 12.1 Å². The summed E-state index contributed by atoms with van der Waals surface area (Å²) in [6.45, 7) is 3.76. The van der Waals surface area contributed by atoms with Crippen molar-refractivity contribution in [2.75, 3.05) is 26.2 Å². The van der Waals surface area contributed by atoms with Gasteiger partial charge in [-0.3, -0.25) is 4.90 Å². The molecule has 17 heavy (non-hydrogen) atoms. The van der Waals surface area contributed by atoms with Crippen LogP contribution in [0.1, 0.15) is 32.6 Å². The molecule has 1 aliphatic heterocycles. The standard InChI is InChI=1S/C12H21F3N2/c1-11(4-2-3-5-11)17-7-6-16-8-10(9-17)12(13,14)15/h10,16H,2-9H2,1H3. The maximum absolute atomic E-state index is 12.8. The molecule has 0 aromatic heterocycles. The van der Waals surface area contributed by atoms with E-state index in [1.807, 2.05) is 0 Å². The van der Waals surface area contributed by atoms with Gasteiger partial charge in [0, 0.05) is 31.7 Å². The minimum Gasteiger partial charge on any atom is -0.315 e. The van der Waals surface area contributed by atoms with Gasteiger partial charge in [-0.05, 0) is 19.8 Å². The third kappa shape index (κ3) is 2.94. The highest BCUT2D eigenvalue weighted by Gasteiger charge is 2.44. The highest BCUT2D eigenvalue weighted by molar-refractivity contribution is 4.94. The number of nitrogens with one attached hydrogen (secondary N) is 1. The van der Waals surface area contributed by atoms with Gasteiger partial charge in [0.15, 0.2) is 0 Å². The van der Waals surface area contributed by atoms with E-state index >= 15 is 0 Å². The molecule has 100 valence electrons. The Balaban J connectivity index is 2.07. The normalized spacial score (nSPS) is 31.4. The minimum atomic E-state index is -4.08. The Kier molecular flexibility index (Phi) is 3.69.